The molecular formula is C18H28N4O5S. The van der Waals surface area contributed by atoms with E-state index in [0.717, 1.165) is 10.7 Å². The summed E-state index contributed by atoms with van der Waals surface area (Å²) in [7, 11) is -2.56. The fourth-order valence-corrected chi connectivity index (χ4v) is 3.33. The lowest BCUT2D eigenvalue weighted by atomic mass is 10.2. The van der Waals surface area contributed by atoms with E-state index >= 15 is 0 Å². The molecule has 0 fully saturated rings. The standard InChI is InChI=1S/C18H28N4O5S/c1-5-13(2)20-17(24)10-11-19-18(25)12-22(4)28(26,27)16-8-6-15(7-9-16)21-14(3)23/h6-9,13H,5,10-12H2,1-4H3,(H,19,25)(H,20,24)(H,21,23). The van der Waals surface area contributed by atoms with Crippen LogP contribution >= 0.6 is 0 Å². The van der Waals surface area contributed by atoms with Crippen molar-refractivity contribution in [1.82, 2.24) is 14.9 Å². The van der Waals surface area contributed by atoms with Gasteiger partial charge >= 0.3 is 0 Å². The van der Waals surface area contributed by atoms with Gasteiger partial charge in [0.05, 0.1) is 11.4 Å². The topological polar surface area (TPSA) is 125 Å². The zero-order valence-corrected chi connectivity index (χ0v) is 17.4. The molecule has 0 aromatic heterocycles. The van der Waals surface area contributed by atoms with Crippen LogP contribution in [0.1, 0.15) is 33.6 Å². The van der Waals surface area contributed by atoms with Crippen LogP contribution in [-0.2, 0) is 24.4 Å². The Morgan fingerprint density at radius 2 is 1.71 bits per heavy atom. The van der Waals surface area contributed by atoms with Crippen LogP contribution in [-0.4, -0.2) is 56.6 Å². The summed E-state index contributed by atoms with van der Waals surface area (Å²) in [6.07, 6.45) is 0.934. The van der Waals surface area contributed by atoms with E-state index in [2.05, 4.69) is 16.0 Å². The average Bonchev–Trinajstić information content (AvgIpc) is 2.61. The van der Waals surface area contributed by atoms with E-state index in [-0.39, 0.29) is 42.3 Å². The highest BCUT2D eigenvalue weighted by atomic mass is 32.2. The second-order valence-corrected chi connectivity index (χ2v) is 8.49. The molecule has 156 valence electrons. The molecule has 0 heterocycles. The van der Waals surface area contributed by atoms with Crippen LogP contribution in [0.15, 0.2) is 29.2 Å². The fourth-order valence-electron chi connectivity index (χ4n) is 2.20. The quantitative estimate of drug-likeness (QED) is 0.521. The Hall–Kier alpha value is -2.46. The molecule has 0 spiro atoms. The molecule has 1 aromatic carbocycles. The molecule has 3 N–H and O–H groups in total. The minimum atomic E-state index is -3.86. The van der Waals surface area contributed by atoms with Crippen molar-refractivity contribution in [3.05, 3.63) is 24.3 Å². The summed E-state index contributed by atoms with van der Waals surface area (Å²) in [5, 5.41) is 7.87. The third-order valence-electron chi connectivity index (χ3n) is 3.94. The van der Waals surface area contributed by atoms with Crippen molar-refractivity contribution in [3.8, 4) is 0 Å². The van der Waals surface area contributed by atoms with E-state index in [1.807, 2.05) is 13.8 Å². The van der Waals surface area contributed by atoms with Gasteiger partial charge in [0.1, 0.15) is 0 Å². The van der Waals surface area contributed by atoms with Crippen LogP contribution in [0.5, 0.6) is 0 Å². The maximum Gasteiger partial charge on any atom is 0.243 e. The molecule has 0 bridgehead atoms. The lowest BCUT2D eigenvalue weighted by Gasteiger charge is -2.17. The summed E-state index contributed by atoms with van der Waals surface area (Å²) in [5.74, 6) is -0.936. The van der Waals surface area contributed by atoms with Crippen molar-refractivity contribution >= 4 is 33.4 Å². The van der Waals surface area contributed by atoms with Gasteiger partial charge in [-0.25, -0.2) is 8.42 Å². The zero-order valence-electron chi connectivity index (χ0n) is 16.6. The van der Waals surface area contributed by atoms with Crippen LogP contribution in [0.3, 0.4) is 0 Å². The van der Waals surface area contributed by atoms with Gasteiger partial charge in [-0.05, 0) is 37.6 Å². The van der Waals surface area contributed by atoms with Crippen LogP contribution in [0, 0.1) is 0 Å². The van der Waals surface area contributed by atoms with Gasteiger partial charge in [0.15, 0.2) is 0 Å². The average molecular weight is 413 g/mol. The van der Waals surface area contributed by atoms with Gasteiger partial charge in [-0.1, -0.05) is 6.92 Å². The van der Waals surface area contributed by atoms with E-state index in [0.29, 0.717) is 5.69 Å². The summed E-state index contributed by atoms with van der Waals surface area (Å²) >= 11 is 0. The normalized spacial score (nSPS) is 12.3. The summed E-state index contributed by atoms with van der Waals surface area (Å²) in [5.41, 5.74) is 0.475. The third kappa shape index (κ3) is 7.65. The van der Waals surface area contributed by atoms with Crippen molar-refractivity contribution in [2.24, 2.45) is 0 Å². The monoisotopic (exact) mass is 412 g/mol. The summed E-state index contributed by atoms with van der Waals surface area (Å²) in [4.78, 5) is 34.6. The number of likely N-dealkylation sites (N-methyl/N-ethyl adjacent to an activating group) is 1. The molecule has 1 rings (SSSR count). The molecule has 3 amide bonds. The Labute approximate surface area is 165 Å². The lowest BCUT2D eigenvalue weighted by Crippen LogP contribution is -2.40. The predicted molar refractivity (Wildman–Crippen MR) is 106 cm³/mol. The highest BCUT2D eigenvalue weighted by Crippen LogP contribution is 2.17. The molecule has 0 aliphatic heterocycles. The van der Waals surface area contributed by atoms with E-state index in [9.17, 15) is 22.8 Å². The molecule has 0 saturated heterocycles. The van der Waals surface area contributed by atoms with Gasteiger partial charge < -0.3 is 16.0 Å². The number of benzene rings is 1. The van der Waals surface area contributed by atoms with Gasteiger partial charge in [0.2, 0.25) is 27.7 Å². The van der Waals surface area contributed by atoms with Crippen molar-refractivity contribution in [1.29, 1.82) is 0 Å². The molecule has 0 aliphatic rings. The molecule has 1 unspecified atom stereocenters. The van der Waals surface area contributed by atoms with Crippen LogP contribution in [0.2, 0.25) is 0 Å². The van der Waals surface area contributed by atoms with E-state index in [4.69, 9.17) is 0 Å². The zero-order chi connectivity index (χ0) is 21.3. The number of hydrogen-bond donors (Lipinski definition) is 3. The van der Waals surface area contributed by atoms with Crippen LogP contribution in [0.4, 0.5) is 5.69 Å². The number of nitrogens with one attached hydrogen (secondary N) is 3. The first-order valence-electron chi connectivity index (χ1n) is 8.96. The van der Waals surface area contributed by atoms with Crippen molar-refractivity contribution in [2.75, 3.05) is 25.5 Å². The minimum Gasteiger partial charge on any atom is -0.354 e. The number of anilines is 1. The second-order valence-electron chi connectivity index (χ2n) is 6.44. The number of carbonyl (C=O) groups excluding carboxylic acids is 3. The summed E-state index contributed by atoms with van der Waals surface area (Å²) in [6, 6.07) is 5.72. The number of sulfonamides is 1. The van der Waals surface area contributed by atoms with Gasteiger partial charge in [0.25, 0.3) is 0 Å². The Morgan fingerprint density at radius 1 is 1.11 bits per heavy atom. The first-order chi connectivity index (χ1) is 13.1. The van der Waals surface area contributed by atoms with E-state index in [1.54, 1.807) is 0 Å². The Morgan fingerprint density at radius 3 is 2.25 bits per heavy atom. The Bertz CT molecular complexity index is 793. The fraction of sp³-hybridized carbons (Fsp3) is 0.500. The number of hydrogen-bond acceptors (Lipinski definition) is 5. The predicted octanol–water partition coefficient (Wildman–Crippen LogP) is 0.687. The molecule has 1 aromatic rings. The molecular weight excluding hydrogens is 384 g/mol. The van der Waals surface area contributed by atoms with Gasteiger partial charge in [-0.3, -0.25) is 14.4 Å². The van der Waals surface area contributed by atoms with Crippen LogP contribution in [0.25, 0.3) is 0 Å². The van der Waals surface area contributed by atoms with Gasteiger partial charge in [-0.15, -0.1) is 0 Å². The maximum atomic E-state index is 12.5. The molecule has 0 radical (unpaired) electrons. The minimum absolute atomic E-state index is 0.00448. The number of nitrogens with zero attached hydrogens (tertiary/aromatic N) is 1. The van der Waals surface area contributed by atoms with E-state index < -0.39 is 15.9 Å². The van der Waals surface area contributed by atoms with Gasteiger partial charge in [0, 0.05) is 38.7 Å². The van der Waals surface area contributed by atoms with Crippen molar-refractivity contribution < 1.29 is 22.8 Å². The van der Waals surface area contributed by atoms with Crippen LogP contribution < -0.4 is 16.0 Å². The Kier molecular flexibility index (Phi) is 9.07. The Balaban J connectivity index is 2.55. The lowest BCUT2D eigenvalue weighted by molar-refractivity contribution is -0.122. The third-order valence-corrected chi connectivity index (χ3v) is 5.76. The number of carbonyl (C=O) groups is 3. The molecule has 9 nitrogen and oxygen atoms in total. The molecule has 0 saturated carbocycles. The first kappa shape index (κ1) is 23.6. The van der Waals surface area contributed by atoms with Gasteiger partial charge in [-0.2, -0.15) is 4.31 Å². The first-order valence-corrected chi connectivity index (χ1v) is 10.4. The smallest absolute Gasteiger partial charge is 0.243 e. The molecule has 10 heteroatoms. The SMILES string of the molecule is CCC(C)NC(=O)CCNC(=O)CN(C)S(=O)(=O)c1ccc(NC(C)=O)cc1. The van der Waals surface area contributed by atoms with Crippen molar-refractivity contribution in [2.45, 2.75) is 44.6 Å². The number of rotatable bonds is 10. The molecule has 28 heavy (non-hydrogen) atoms. The van der Waals surface area contributed by atoms with E-state index in [1.165, 1.54) is 38.2 Å². The maximum absolute atomic E-state index is 12.5. The summed E-state index contributed by atoms with van der Waals surface area (Å²) < 4.78 is 26.0. The second kappa shape index (κ2) is 10.8. The number of amides is 3. The highest BCUT2D eigenvalue weighted by Gasteiger charge is 2.23. The summed E-state index contributed by atoms with van der Waals surface area (Å²) in [6.45, 7) is 4.95. The largest absolute Gasteiger partial charge is 0.354 e. The van der Waals surface area contributed by atoms with Crippen molar-refractivity contribution in [3.63, 3.8) is 0 Å². The molecule has 1 atom stereocenters. The highest BCUT2D eigenvalue weighted by molar-refractivity contribution is 7.89. The molecule has 0 aliphatic carbocycles.